The molecule has 2 N–H and O–H groups in total. The lowest BCUT2D eigenvalue weighted by Gasteiger charge is -2.09. The molecule has 8 nitrogen and oxygen atoms in total. The third-order valence-electron chi connectivity index (χ3n) is 5.28. The Kier molecular flexibility index (Phi) is 7.00. The van der Waals surface area contributed by atoms with Gasteiger partial charge < -0.3 is 5.32 Å². The number of nitro groups is 1. The molecule has 9 heteroatoms. The van der Waals surface area contributed by atoms with Crippen LogP contribution in [0.15, 0.2) is 108 Å². The minimum absolute atomic E-state index is 0.0659. The second kappa shape index (κ2) is 10.3. The third-order valence-corrected chi connectivity index (χ3v) is 6.73. The number of carbonyl (C=O) groups excluding carboxylic acids is 1. The number of nitrogens with one attached hydrogen (secondary N) is 2. The number of nitrogens with zero attached hydrogens (tertiary/aromatic N) is 1. The van der Waals surface area contributed by atoms with Crippen LogP contribution in [-0.2, 0) is 16.6 Å². The van der Waals surface area contributed by atoms with E-state index >= 15 is 0 Å². The van der Waals surface area contributed by atoms with Crippen molar-refractivity contribution in [1.29, 1.82) is 0 Å². The van der Waals surface area contributed by atoms with Crippen molar-refractivity contribution in [2.75, 3.05) is 5.32 Å². The van der Waals surface area contributed by atoms with E-state index in [-0.39, 0.29) is 12.5 Å². The average molecular weight is 488 g/mol. The molecule has 35 heavy (non-hydrogen) atoms. The summed E-state index contributed by atoms with van der Waals surface area (Å²) >= 11 is 0. The molecule has 176 valence electrons. The Morgan fingerprint density at radius 2 is 1.37 bits per heavy atom. The first-order chi connectivity index (χ1) is 16.8. The molecule has 0 bridgehead atoms. The van der Waals surface area contributed by atoms with Gasteiger partial charge in [0.2, 0.25) is 10.0 Å². The fourth-order valence-electron chi connectivity index (χ4n) is 3.45. The van der Waals surface area contributed by atoms with Crippen molar-refractivity contribution in [1.82, 2.24) is 4.72 Å². The second-order valence-electron chi connectivity index (χ2n) is 7.64. The van der Waals surface area contributed by atoms with Gasteiger partial charge in [0.1, 0.15) is 0 Å². The van der Waals surface area contributed by atoms with E-state index in [9.17, 15) is 23.3 Å². The van der Waals surface area contributed by atoms with E-state index in [0.717, 1.165) is 17.2 Å². The number of anilines is 1. The van der Waals surface area contributed by atoms with Crippen LogP contribution in [0, 0.1) is 10.1 Å². The maximum Gasteiger partial charge on any atom is 0.289 e. The monoisotopic (exact) mass is 487 g/mol. The lowest BCUT2D eigenvalue weighted by Crippen LogP contribution is -2.24. The first-order valence-corrected chi connectivity index (χ1v) is 12.1. The molecule has 1 amide bonds. The predicted molar refractivity (Wildman–Crippen MR) is 133 cm³/mol. The summed E-state index contributed by atoms with van der Waals surface area (Å²) in [5.41, 5.74) is 3.26. The van der Waals surface area contributed by atoms with Gasteiger partial charge >= 0.3 is 0 Å². The molecule has 0 atom stereocenters. The Morgan fingerprint density at radius 3 is 2.03 bits per heavy atom. The molecule has 4 aromatic carbocycles. The molecule has 0 aromatic heterocycles. The Morgan fingerprint density at radius 1 is 0.771 bits per heavy atom. The van der Waals surface area contributed by atoms with Gasteiger partial charge in [-0.1, -0.05) is 66.7 Å². The van der Waals surface area contributed by atoms with Crippen molar-refractivity contribution in [2.45, 2.75) is 11.4 Å². The van der Waals surface area contributed by atoms with Crippen molar-refractivity contribution in [2.24, 2.45) is 0 Å². The summed E-state index contributed by atoms with van der Waals surface area (Å²) in [6.07, 6.45) is 0. The largest absolute Gasteiger partial charge is 0.322 e. The molecular formula is C26H21N3O5S. The van der Waals surface area contributed by atoms with Gasteiger partial charge in [0, 0.05) is 23.9 Å². The minimum Gasteiger partial charge on any atom is -0.322 e. The maximum absolute atomic E-state index is 12.6. The van der Waals surface area contributed by atoms with E-state index in [2.05, 4.69) is 10.0 Å². The summed E-state index contributed by atoms with van der Waals surface area (Å²) in [6.45, 7) is -0.0659. The topological polar surface area (TPSA) is 118 Å². The van der Waals surface area contributed by atoms with Crippen LogP contribution in [0.2, 0.25) is 0 Å². The first-order valence-electron chi connectivity index (χ1n) is 10.6. The summed E-state index contributed by atoms with van der Waals surface area (Å²) in [5.74, 6) is -0.269. The molecule has 0 heterocycles. The third kappa shape index (κ3) is 5.78. The smallest absolute Gasteiger partial charge is 0.289 e. The zero-order valence-corrected chi connectivity index (χ0v) is 19.2. The molecule has 0 spiro atoms. The number of benzene rings is 4. The van der Waals surface area contributed by atoms with E-state index < -0.39 is 25.5 Å². The Balaban J connectivity index is 1.38. The van der Waals surface area contributed by atoms with Crippen molar-refractivity contribution >= 4 is 27.3 Å². The summed E-state index contributed by atoms with van der Waals surface area (Å²) in [5, 5.41) is 13.9. The molecular weight excluding hydrogens is 466 g/mol. The minimum atomic E-state index is -4.08. The van der Waals surface area contributed by atoms with Crippen LogP contribution in [0.1, 0.15) is 15.9 Å². The number of hydrogen-bond acceptors (Lipinski definition) is 5. The maximum atomic E-state index is 12.6. The standard InChI is InChI=1S/C26H21N3O5S/c30-26(22-14-12-21(13-15-22)20-6-2-1-3-7-20)28-23-16-10-19(11-17-23)18-27-35(33,34)25-9-5-4-8-24(25)29(31)32/h1-17,27H,18H2,(H,28,30). The van der Waals surface area contributed by atoms with Crippen LogP contribution >= 0.6 is 0 Å². The van der Waals surface area contributed by atoms with Crippen molar-refractivity contribution in [3.8, 4) is 11.1 Å². The quantitative estimate of drug-likeness (QED) is 0.268. The highest BCUT2D eigenvalue weighted by Gasteiger charge is 2.24. The lowest BCUT2D eigenvalue weighted by atomic mass is 10.0. The molecule has 0 unspecified atom stereocenters. The molecule has 0 fully saturated rings. The van der Waals surface area contributed by atoms with Gasteiger partial charge in [0.15, 0.2) is 4.90 Å². The summed E-state index contributed by atoms with van der Waals surface area (Å²) in [6, 6.07) is 28.9. The Labute approximate surface area is 202 Å². The fourth-order valence-corrected chi connectivity index (χ4v) is 4.63. The second-order valence-corrected chi connectivity index (χ2v) is 9.38. The number of para-hydroxylation sites is 1. The van der Waals surface area contributed by atoms with Crippen LogP contribution in [0.25, 0.3) is 11.1 Å². The lowest BCUT2D eigenvalue weighted by molar-refractivity contribution is -0.387. The Hall–Kier alpha value is -4.34. The highest BCUT2D eigenvalue weighted by molar-refractivity contribution is 7.89. The van der Waals surface area contributed by atoms with Crippen LogP contribution in [0.5, 0.6) is 0 Å². The van der Waals surface area contributed by atoms with Gasteiger partial charge in [-0.2, -0.15) is 0 Å². The molecule has 4 rings (SSSR count). The van der Waals surface area contributed by atoms with Gasteiger partial charge in [-0.15, -0.1) is 0 Å². The summed E-state index contributed by atoms with van der Waals surface area (Å²) < 4.78 is 27.5. The summed E-state index contributed by atoms with van der Waals surface area (Å²) in [7, 11) is -4.08. The first kappa shape index (κ1) is 23.8. The van der Waals surface area contributed by atoms with E-state index in [4.69, 9.17) is 0 Å². The van der Waals surface area contributed by atoms with E-state index in [1.54, 1.807) is 36.4 Å². The number of amides is 1. The molecule has 0 saturated carbocycles. The predicted octanol–water partition coefficient (Wildman–Crippen LogP) is 4.99. The number of hydrogen-bond donors (Lipinski definition) is 2. The van der Waals surface area contributed by atoms with E-state index in [1.165, 1.54) is 18.2 Å². The highest BCUT2D eigenvalue weighted by atomic mass is 32.2. The van der Waals surface area contributed by atoms with Crippen molar-refractivity contribution in [3.63, 3.8) is 0 Å². The van der Waals surface area contributed by atoms with Crippen LogP contribution < -0.4 is 10.0 Å². The Bertz CT molecular complexity index is 1450. The van der Waals surface area contributed by atoms with Gasteiger partial charge in [-0.05, 0) is 47.0 Å². The van der Waals surface area contributed by atoms with E-state index in [0.29, 0.717) is 16.8 Å². The molecule has 0 radical (unpaired) electrons. The van der Waals surface area contributed by atoms with Gasteiger partial charge in [-0.25, -0.2) is 13.1 Å². The average Bonchev–Trinajstić information content (AvgIpc) is 2.89. The molecule has 0 saturated heterocycles. The number of nitro benzene ring substituents is 1. The number of sulfonamides is 1. The normalized spacial score (nSPS) is 11.1. The van der Waals surface area contributed by atoms with Gasteiger partial charge in [0.25, 0.3) is 11.6 Å². The highest BCUT2D eigenvalue weighted by Crippen LogP contribution is 2.23. The fraction of sp³-hybridized carbons (Fsp3) is 0.0385. The van der Waals surface area contributed by atoms with Crippen molar-refractivity contribution < 1.29 is 18.1 Å². The van der Waals surface area contributed by atoms with Crippen molar-refractivity contribution in [3.05, 3.63) is 124 Å². The van der Waals surface area contributed by atoms with Gasteiger partial charge in [-0.3, -0.25) is 14.9 Å². The van der Waals surface area contributed by atoms with Crippen LogP contribution in [-0.4, -0.2) is 19.2 Å². The van der Waals surface area contributed by atoms with E-state index in [1.807, 2.05) is 42.5 Å². The van der Waals surface area contributed by atoms with Crippen LogP contribution in [0.3, 0.4) is 0 Å². The number of rotatable bonds is 8. The zero-order valence-electron chi connectivity index (χ0n) is 18.4. The zero-order chi connectivity index (χ0) is 24.8. The molecule has 4 aromatic rings. The summed E-state index contributed by atoms with van der Waals surface area (Å²) in [4.78, 5) is 22.6. The van der Waals surface area contributed by atoms with Gasteiger partial charge in [0.05, 0.1) is 4.92 Å². The molecule has 0 aliphatic rings. The number of carbonyl (C=O) groups is 1. The molecule has 0 aliphatic heterocycles. The SMILES string of the molecule is O=C(Nc1ccc(CNS(=O)(=O)c2ccccc2[N+](=O)[O-])cc1)c1ccc(-c2ccccc2)cc1. The van der Waals surface area contributed by atoms with Crippen LogP contribution in [0.4, 0.5) is 11.4 Å². The molecule has 0 aliphatic carbocycles.